The van der Waals surface area contributed by atoms with E-state index in [-0.39, 0.29) is 6.04 Å². The fraction of sp³-hybridized carbons (Fsp3) is 0.417. The number of aromatic nitrogens is 2. The summed E-state index contributed by atoms with van der Waals surface area (Å²) in [6.07, 6.45) is 0.794. The van der Waals surface area contributed by atoms with Crippen molar-refractivity contribution in [3.8, 4) is 0 Å². The smallest absolute Gasteiger partial charge is 0.0629 e. The van der Waals surface area contributed by atoms with Crippen LogP contribution in [0.15, 0.2) is 11.4 Å². The highest BCUT2D eigenvalue weighted by atomic mass is 35.5. The lowest BCUT2D eigenvalue weighted by Crippen LogP contribution is -2.29. The zero-order chi connectivity index (χ0) is 13.3. The topological polar surface area (TPSA) is 55.9 Å². The van der Waals surface area contributed by atoms with E-state index in [0.717, 1.165) is 22.0 Å². The van der Waals surface area contributed by atoms with Crippen LogP contribution >= 0.6 is 22.9 Å². The molecule has 18 heavy (non-hydrogen) atoms. The summed E-state index contributed by atoms with van der Waals surface area (Å²) in [5, 5.41) is 7.16. The van der Waals surface area contributed by atoms with E-state index < -0.39 is 0 Å². The molecule has 98 valence electrons. The minimum atomic E-state index is 0.0269. The highest BCUT2D eigenvalue weighted by molar-refractivity contribution is 7.10. The van der Waals surface area contributed by atoms with Crippen molar-refractivity contribution in [2.24, 2.45) is 12.9 Å². The molecule has 1 unspecified atom stereocenters. The van der Waals surface area contributed by atoms with E-state index in [2.05, 4.69) is 17.4 Å². The number of hydrazine groups is 1. The van der Waals surface area contributed by atoms with Gasteiger partial charge in [0.1, 0.15) is 0 Å². The zero-order valence-corrected chi connectivity index (χ0v) is 12.3. The Kier molecular flexibility index (Phi) is 4.07. The Morgan fingerprint density at radius 3 is 2.72 bits per heavy atom. The van der Waals surface area contributed by atoms with Crippen molar-refractivity contribution in [1.29, 1.82) is 0 Å². The Balaban J connectivity index is 2.29. The Morgan fingerprint density at radius 1 is 1.56 bits per heavy atom. The monoisotopic (exact) mass is 284 g/mol. The molecule has 0 amide bonds. The van der Waals surface area contributed by atoms with Gasteiger partial charge >= 0.3 is 0 Å². The molecule has 2 rings (SSSR count). The highest BCUT2D eigenvalue weighted by Gasteiger charge is 2.19. The summed E-state index contributed by atoms with van der Waals surface area (Å²) in [6.45, 7) is 4.09. The summed E-state index contributed by atoms with van der Waals surface area (Å²) in [6, 6.07) is 1.92. The first-order valence-electron chi connectivity index (χ1n) is 5.72. The molecule has 2 heterocycles. The van der Waals surface area contributed by atoms with Gasteiger partial charge in [-0.3, -0.25) is 16.0 Å². The molecule has 0 aliphatic carbocycles. The number of thiophene rings is 1. The summed E-state index contributed by atoms with van der Waals surface area (Å²) >= 11 is 7.78. The lowest BCUT2D eigenvalue weighted by atomic mass is 10.0. The second kappa shape index (κ2) is 5.40. The van der Waals surface area contributed by atoms with Crippen molar-refractivity contribution in [2.75, 3.05) is 0 Å². The van der Waals surface area contributed by atoms with Crippen molar-refractivity contribution in [3.05, 3.63) is 38.3 Å². The van der Waals surface area contributed by atoms with Gasteiger partial charge < -0.3 is 0 Å². The number of nitrogens with two attached hydrogens (primary N) is 1. The van der Waals surface area contributed by atoms with Gasteiger partial charge in [-0.25, -0.2) is 0 Å². The summed E-state index contributed by atoms with van der Waals surface area (Å²) in [7, 11) is 1.95. The van der Waals surface area contributed by atoms with Crippen LogP contribution in [0.4, 0.5) is 0 Å². The summed E-state index contributed by atoms with van der Waals surface area (Å²) in [5.41, 5.74) is 6.28. The third-order valence-electron chi connectivity index (χ3n) is 3.23. The van der Waals surface area contributed by atoms with Gasteiger partial charge in [-0.15, -0.1) is 11.3 Å². The normalized spacial score (nSPS) is 12.9. The quantitative estimate of drug-likeness (QED) is 0.670. The van der Waals surface area contributed by atoms with Gasteiger partial charge in [-0.1, -0.05) is 11.6 Å². The van der Waals surface area contributed by atoms with Crippen molar-refractivity contribution in [2.45, 2.75) is 26.3 Å². The average molecular weight is 285 g/mol. The lowest BCUT2D eigenvalue weighted by Gasteiger charge is -2.15. The van der Waals surface area contributed by atoms with Gasteiger partial charge in [0.25, 0.3) is 0 Å². The van der Waals surface area contributed by atoms with Crippen LogP contribution in [0.2, 0.25) is 5.02 Å². The largest absolute Gasteiger partial charge is 0.272 e. The minimum absolute atomic E-state index is 0.0269. The predicted octanol–water partition coefficient (Wildman–Crippen LogP) is 2.50. The fourth-order valence-electron chi connectivity index (χ4n) is 2.10. The molecule has 3 N–H and O–H groups in total. The van der Waals surface area contributed by atoms with E-state index >= 15 is 0 Å². The fourth-order valence-corrected chi connectivity index (χ4v) is 3.35. The van der Waals surface area contributed by atoms with Crippen LogP contribution in [-0.2, 0) is 13.5 Å². The molecule has 0 aliphatic heterocycles. The van der Waals surface area contributed by atoms with Crippen molar-refractivity contribution < 1.29 is 0 Å². The molecule has 0 bridgehead atoms. The number of hydrogen-bond donors (Lipinski definition) is 2. The van der Waals surface area contributed by atoms with E-state index in [9.17, 15) is 0 Å². The van der Waals surface area contributed by atoms with Crippen molar-refractivity contribution in [3.63, 3.8) is 0 Å². The zero-order valence-electron chi connectivity index (χ0n) is 10.7. The second-order valence-corrected chi connectivity index (χ2v) is 5.68. The maximum absolute atomic E-state index is 6.16. The molecule has 2 aromatic rings. The Hall–Kier alpha value is -0.880. The van der Waals surface area contributed by atoms with Crippen LogP contribution in [0.1, 0.15) is 27.9 Å². The Bertz CT molecular complexity index is 546. The number of hydrogen-bond acceptors (Lipinski definition) is 4. The van der Waals surface area contributed by atoms with Gasteiger partial charge in [0.05, 0.1) is 16.8 Å². The lowest BCUT2D eigenvalue weighted by molar-refractivity contribution is 0.558. The summed E-state index contributed by atoms with van der Waals surface area (Å²) < 4.78 is 1.90. The van der Waals surface area contributed by atoms with Gasteiger partial charge in [0.2, 0.25) is 0 Å². The Morgan fingerprint density at radius 2 is 2.28 bits per heavy atom. The molecule has 0 spiro atoms. The van der Waals surface area contributed by atoms with Gasteiger partial charge in [0, 0.05) is 17.6 Å². The third kappa shape index (κ3) is 2.44. The SMILES string of the molecule is Cc1nn(C)c(C)c1CC(NN)c1sccc1Cl. The van der Waals surface area contributed by atoms with Crippen LogP contribution in [-0.4, -0.2) is 9.78 Å². The summed E-state index contributed by atoms with van der Waals surface area (Å²) in [5.74, 6) is 5.66. The molecule has 2 aromatic heterocycles. The number of nitrogens with one attached hydrogen (secondary N) is 1. The van der Waals surface area contributed by atoms with Crippen molar-refractivity contribution >= 4 is 22.9 Å². The average Bonchev–Trinajstić information content (AvgIpc) is 2.84. The van der Waals surface area contributed by atoms with Gasteiger partial charge in [-0.05, 0) is 37.3 Å². The predicted molar refractivity (Wildman–Crippen MR) is 75.8 cm³/mol. The van der Waals surface area contributed by atoms with E-state index in [4.69, 9.17) is 17.4 Å². The molecular weight excluding hydrogens is 268 g/mol. The van der Waals surface area contributed by atoms with Gasteiger partial charge in [0.15, 0.2) is 0 Å². The molecule has 6 heteroatoms. The maximum Gasteiger partial charge on any atom is 0.0629 e. The number of rotatable bonds is 4. The second-order valence-electron chi connectivity index (χ2n) is 4.33. The van der Waals surface area contributed by atoms with Crippen LogP contribution in [0.3, 0.4) is 0 Å². The number of halogens is 1. The molecule has 0 radical (unpaired) electrons. The molecule has 0 aliphatic rings. The molecule has 0 saturated carbocycles. The number of aryl methyl sites for hydroxylation is 2. The molecule has 0 aromatic carbocycles. The Labute approximate surface area is 116 Å². The summed E-state index contributed by atoms with van der Waals surface area (Å²) in [4.78, 5) is 1.07. The van der Waals surface area contributed by atoms with Crippen LogP contribution in [0.25, 0.3) is 0 Å². The van der Waals surface area contributed by atoms with Crippen LogP contribution < -0.4 is 11.3 Å². The van der Waals surface area contributed by atoms with Crippen LogP contribution in [0, 0.1) is 13.8 Å². The molecule has 4 nitrogen and oxygen atoms in total. The maximum atomic E-state index is 6.16. The van der Waals surface area contributed by atoms with Crippen LogP contribution in [0.5, 0.6) is 0 Å². The van der Waals surface area contributed by atoms with E-state index in [1.54, 1.807) is 11.3 Å². The third-order valence-corrected chi connectivity index (χ3v) is 4.70. The molecule has 1 atom stereocenters. The molecular formula is C12H17ClN4S. The molecule has 0 fully saturated rings. The van der Waals surface area contributed by atoms with Gasteiger partial charge in [-0.2, -0.15) is 5.10 Å². The first-order valence-corrected chi connectivity index (χ1v) is 6.98. The standard InChI is InChI=1S/C12H17ClN4S/c1-7-9(8(2)17(3)16-7)6-11(15-14)12-10(13)4-5-18-12/h4-5,11,15H,6,14H2,1-3H3. The highest BCUT2D eigenvalue weighted by Crippen LogP contribution is 2.31. The first kappa shape index (κ1) is 13.5. The van der Waals surface area contributed by atoms with E-state index in [1.807, 2.05) is 30.1 Å². The molecule has 0 saturated heterocycles. The van der Waals surface area contributed by atoms with Crippen molar-refractivity contribution in [1.82, 2.24) is 15.2 Å². The first-order chi connectivity index (χ1) is 8.54. The number of nitrogens with zero attached hydrogens (tertiary/aromatic N) is 2. The van der Waals surface area contributed by atoms with E-state index in [1.165, 1.54) is 11.3 Å². The van der Waals surface area contributed by atoms with E-state index in [0.29, 0.717) is 0 Å². The minimum Gasteiger partial charge on any atom is -0.272 e.